The molecular formula is C17H24N2O2. The number of benzene rings is 1. The first kappa shape index (κ1) is 15.6. The zero-order valence-electron chi connectivity index (χ0n) is 13.3. The molecule has 0 fully saturated rings. The van der Waals surface area contributed by atoms with Crippen molar-refractivity contribution in [3.05, 3.63) is 41.8 Å². The molecule has 0 saturated heterocycles. The zero-order chi connectivity index (χ0) is 15.3. The number of hydrogen-bond acceptors (Lipinski definition) is 4. The van der Waals surface area contributed by atoms with Crippen LogP contribution in [0.2, 0.25) is 0 Å². The predicted octanol–water partition coefficient (Wildman–Crippen LogP) is 4.26. The molecule has 21 heavy (non-hydrogen) atoms. The van der Waals surface area contributed by atoms with E-state index in [2.05, 4.69) is 50.1 Å². The van der Waals surface area contributed by atoms with E-state index in [4.69, 9.17) is 9.15 Å². The van der Waals surface area contributed by atoms with Gasteiger partial charge in [-0.05, 0) is 36.1 Å². The van der Waals surface area contributed by atoms with Crippen LogP contribution in [0.5, 0.6) is 11.8 Å². The van der Waals surface area contributed by atoms with Crippen LogP contribution in [0.25, 0.3) is 0 Å². The van der Waals surface area contributed by atoms with Crippen molar-refractivity contribution in [1.82, 2.24) is 10.3 Å². The normalized spacial score (nSPS) is 11.6. The van der Waals surface area contributed by atoms with E-state index in [1.807, 2.05) is 12.1 Å². The molecule has 0 aliphatic heterocycles. The standard InChI is InChI=1S/C17H24N2O2/c1-5-10-18-11-14-12-20-16(19-14)21-15-8-6-13(7-9-15)17(2,3)4/h6-9,12,18H,5,10-11H2,1-4H3. The Kier molecular flexibility index (Phi) is 5.02. The molecule has 2 rings (SSSR count). The van der Waals surface area contributed by atoms with Crippen molar-refractivity contribution in [2.24, 2.45) is 0 Å². The number of aromatic nitrogens is 1. The second-order valence-corrected chi connectivity index (χ2v) is 6.16. The molecule has 1 N–H and O–H groups in total. The van der Waals surface area contributed by atoms with Crippen LogP contribution in [0.15, 0.2) is 34.9 Å². The third kappa shape index (κ3) is 4.60. The van der Waals surface area contributed by atoms with Crippen LogP contribution in [-0.4, -0.2) is 11.5 Å². The lowest BCUT2D eigenvalue weighted by molar-refractivity contribution is 0.330. The van der Waals surface area contributed by atoms with Crippen LogP contribution in [0, 0.1) is 0 Å². The van der Waals surface area contributed by atoms with Gasteiger partial charge in [-0.3, -0.25) is 0 Å². The lowest BCUT2D eigenvalue weighted by Gasteiger charge is -2.18. The second kappa shape index (κ2) is 6.76. The lowest BCUT2D eigenvalue weighted by atomic mass is 9.87. The van der Waals surface area contributed by atoms with E-state index in [-0.39, 0.29) is 11.5 Å². The molecule has 2 aromatic rings. The first-order chi connectivity index (χ1) is 9.99. The number of oxazole rings is 1. The molecule has 0 aliphatic carbocycles. The Labute approximate surface area is 126 Å². The molecule has 0 unspecified atom stereocenters. The number of nitrogens with one attached hydrogen (secondary N) is 1. The SMILES string of the molecule is CCCNCc1coc(Oc2ccc(C(C)(C)C)cc2)n1. The van der Waals surface area contributed by atoms with Crippen LogP contribution >= 0.6 is 0 Å². The molecule has 0 radical (unpaired) electrons. The second-order valence-electron chi connectivity index (χ2n) is 6.16. The Bertz CT molecular complexity index is 553. The Hall–Kier alpha value is -1.81. The third-order valence-corrected chi connectivity index (χ3v) is 3.19. The topological polar surface area (TPSA) is 47.3 Å². The monoisotopic (exact) mass is 288 g/mol. The average Bonchev–Trinajstić information content (AvgIpc) is 2.86. The number of nitrogens with zero attached hydrogens (tertiary/aromatic N) is 1. The fraction of sp³-hybridized carbons (Fsp3) is 0.471. The summed E-state index contributed by atoms with van der Waals surface area (Å²) in [7, 11) is 0. The maximum Gasteiger partial charge on any atom is 0.399 e. The van der Waals surface area contributed by atoms with E-state index < -0.39 is 0 Å². The number of hydrogen-bond donors (Lipinski definition) is 1. The molecule has 1 heterocycles. The molecule has 0 spiro atoms. The van der Waals surface area contributed by atoms with Gasteiger partial charge in [0, 0.05) is 6.54 Å². The van der Waals surface area contributed by atoms with Gasteiger partial charge in [0.05, 0.1) is 5.69 Å². The van der Waals surface area contributed by atoms with Crippen molar-refractivity contribution in [3.8, 4) is 11.8 Å². The van der Waals surface area contributed by atoms with E-state index in [9.17, 15) is 0 Å². The van der Waals surface area contributed by atoms with Crippen LogP contribution < -0.4 is 10.1 Å². The molecular weight excluding hydrogens is 264 g/mol. The summed E-state index contributed by atoms with van der Waals surface area (Å²) in [4.78, 5) is 4.30. The summed E-state index contributed by atoms with van der Waals surface area (Å²) in [5.41, 5.74) is 2.26. The summed E-state index contributed by atoms with van der Waals surface area (Å²) in [5.74, 6) is 0.734. The quantitative estimate of drug-likeness (QED) is 0.807. The third-order valence-electron chi connectivity index (χ3n) is 3.19. The molecule has 0 saturated carbocycles. The molecule has 0 bridgehead atoms. The molecule has 0 atom stereocenters. The zero-order valence-corrected chi connectivity index (χ0v) is 13.3. The van der Waals surface area contributed by atoms with Crippen molar-refractivity contribution < 1.29 is 9.15 Å². The van der Waals surface area contributed by atoms with Gasteiger partial charge in [-0.2, -0.15) is 4.98 Å². The number of rotatable bonds is 6. The Balaban J connectivity index is 1.95. The van der Waals surface area contributed by atoms with Gasteiger partial charge in [0.15, 0.2) is 0 Å². The summed E-state index contributed by atoms with van der Waals surface area (Å²) in [6.45, 7) is 10.4. The molecule has 1 aromatic carbocycles. The van der Waals surface area contributed by atoms with Crippen LogP contribution in [0.4, 0.5) is 0 Å². The van der Waals surface area contributed by atoms with Gasteiger partial charge in [-0.15, -0.1) is 0 Å². The van der Waals surface area contributed by atoms with Crippen molar-refractivity contribution >= 4 is 0 Å². The van der Waals surface area contributed by atoms with E-state index in [0.29, 0.717) is 6.54 Å². The first-order valence-electron chi connectivity index (χ1n) is 7.42. The Morgan fingerprint density at radius 3 is 2.52 bits per heavy atom. The van der Waals surface area contributed by atoms with Gasteiger partial charge in [-0.1, -0.05) is 39.8 Å². The van der Waals surface area contributed by atoms with Crippen LogP contribution in [-0.2, 0) is 12.0 Å². The summed E-state index contributed by atoms with van der Waals surface area (Å²) in [5, 5.41) is 3.27. The van der Waals surface area contributed by atoms with E-state index in [1.54, 1.807) is 6.26 Å². The van der Waals surface area contributed by atoms with Gasteiger partial charge in [0.2, 0.25) is 0 Å². The van der Waals surface area contributed by atoms with Crippen molar-refractivity contribution in [2.75, 3.05) is 6.54 Å². The van der Waals surface area contributed by atoms with Gasteiger partial charge in [0.1, 0.15) is 12.0 Å². The van der Waals surface area contributed by atoms with Crippen LogP contribution in [0.1, 0.15) is 45.4 Å². The summed E-state index contributed by atoms with van der Waals surface area (Å²) in [6.07, 6.45) is 3.01. The van der Waals surface area contributed by atoms with Crippen molar-refractivity contribution in [2.45, 2.75) is 46.1 Å². The van der Waals surface area contributed by atoms with Gasteiger partial charge in [-0.25, -0.2) is 0 Å². The minimum absolute atomic E-state index is 0.138. The van der Waals surface area contributed by atoms with Crippen LogP contribution in [0.3, 0.4) is 0 Å². The van der Waals surface area contributed by atoms with Gasteiger partial charge >= 0.3 is 6.08 Å². The lowest BCUT2D eigenvalue weighted by Crippen LogP contribution is -2.13. The molecule has 114 valence electrons. The van der Waals surface area contributed by atoms with E-state index in [1.165, 1.54) is 5.56 Å². The predicted molar refractivity (Wildman–Crippen MR) is 83.7 cm³/mol. The smallest absolute Gasteiger partial charge is 0.399 e. The van der Waals surface area contributed by atoms with Crippen molar-refractivity contribution in [1.29, 1.82) is 0 Å². The molecule has 0 amide bonds. The first-order valence-corrected chi connectivity index (χ1v) is 7.42. The highest BCUT2D eigenvalue weighted by Crippen LogP contribution is 2.26. The molecule has 4 nitrogen and oxygen atoms in total. The Morgan fingerprint density at radius 1 is 1.19 bits per heavy atom. The van der Waals surface area contributed by atoms with E-state index >= 15 is 0 Å². The molecule has 4 heteroatoms. The summed E-state index contributed by atoms with van der Waals surface area (Å²) < 4.78 is 11.0. The van der Waals surface area contributed by atoms with Gasteiger partial charge in [0.25, 0.3) is 0 Å². The maximum absolute atomic E-state index is 5.63. The minimum Gasteiger partial charge on any atom is -0.417 e. The number of ether oxygens (including phenoxy) is 1. The fourth-order valence-corrected chi connectivity index (χ4v) is 1.93. The fourth-order valence-electron chi connectivity index (χ4n) is 1.93. The average molecular weight is 288 g/mol. The van der Waals surface area contributed by atoms with Crippen molar-refractivity contribution in [3.63, 3.8) is 0 Å². The maximum atomic E-state index is 5.63. The largest absolute Gasteiger partial charge is 0.417 e. The molecule has 0 aliphatic rings. The summed E-state index contributed by atoms with van der Waals surface area (Å²) in [6, 6.07) is 8.03. The minimum atomic E-state index is 0.138. The highest BCUT2D eigenvalue weighted by molar-refractivity contribution is 5.32. The summed E-state index contributed by atoms with van der Waals surface area (Å²) >= 11 is 0. The highest BCUT2D eigenvalue weighted by Gasteiger charge is 2.13. The molecule has 1 aromatic heterocycles. The van der Waals surface area contributed by atoms with E-state index in [0.717, 1.165) is 24.4 Å². The highest BCUT2D eigenvalue weighted by atomic mass is 16.6. The van der Waals surface area contributed by atoms with Gasteiger partial charge < -0.3 is 14.5 Å². The Morgan fingerprint density at radius 2 is 1.90 bits per heavy atom.